The molecule has 0 heterocycles. The van der Waals surface area contributed by atoms with Crippen LogP contribution in [0.4, 0.5) is 0 Å². The molecule has 0 spiro atoms. The van der Waals surface area contributed by atoms with Crippen LogP contribution in [0.2, 0.25) is 0 Å². The fourth-order valence-corrected chi connectivity index (χ4v) is 2.89. The van der Waals surface area contributed by atoms with Gasteiger partial charge in [-0.1, -0.05) is 6.42 Å². The van der Waals surface area contributed by atoms with Gasteiger partial charge in [-0.25, -0.2) is 8.42 Å². The van der Waals surface area contributed by atoms with Gasteiger partial charge in [0.05, 0.1) is 5.25 Å². The minimum atomic E-state index is -2.93. The molecule has 0 aromatic heterocycles. The SMILES string of the molecule is CS(=O)(=O)C1CCCC(C=O)C1. The van der Waals surface area contributed by atoms with E-state index in [-0.39, 0.29) is 11.2 Å². The molecule has 2 unspecified atom stereocenters. The molecular formula is C8H14O3S. The number of aldehydes is 1. The van der Waals surface area contributed by atoms with Crippen LogP contribution < -0.4 is 0 Å². The molecule has 1 fully saturated rings. The van der Waals surface area contributed by atoms with Gasteiger partial charge in [-0.15, -0.1) is 0 Å². The Labute approximate surface area is 73.1 Å². The van der Waals surface area contributed by atoms with Gasteiger partial charge in [0.15, 0.2) is 0 Å². The molecule has 1 aliphatic carbocycles. The highest BCUT2D eigenvalue weighted by molar-refractivity contribution is 7.91. The predicted octanol–water partition coefficient (Wildman–Crippen LogP) is 0.789. The lowest BCUT2D eigenvalue weighted by atomic mass is 9.90. The highest BCUT2D eigenvalue weighted by Crippen LogP contribution is 2.26. The summed E-state index contributed by atoms with van der Waals surface area (Å²) in [5.74, 6) is -0.0292. The van der Waals surface area contributed by atoms with E-state index in [1.165, 1.54) is 6.26 Å². The lowest BCUT2D eigenvalue weighted by Crippen LogP contribution is -2.27. The first-order chi connectivity index (χ1) is 5.54. The average molecular weight is 190 g/mol. The molecule has 12 heavy (non-hydrogen) atoms. The largest absolute Gasteiger partial charge is 0.303 e. The summed E-state index contributed by atoms with van der Waals surface area (Å²) in [6, 6.07) is 0. The third-order valence-electron chi connectivity index (χ3n) is 2.46. The quantitative estimate of drug-likeness (QED) is 0.605. The van der Waals surface area contributed by atoms with Crippen molar-refractivity contribution in [3.05, 3.63) is 0 Å². The van der Waals surface area contributed by atoms with Crippen LogP contribution in [0.1, 0.15) is 25.7 Å². The standard InChI is InChI=1S/C8H14O3S/c1-12(10,11)8-4-2-3-7(5-8)6-9/h6-8H,2-5H2,1H3. The van der Waals surface area contributed by atoms with E-state index < -0.39 is 9.84 Å². The van der Waals surface area contributed by atoms with Crippen molar-refractivity contribution in [1.29, 1.82) is 0 Å². The third-order valence-corrected chi connectivity index (χ3v) is 4.10. The molecule has 3 nitrogen and oxygen atoms in total. The number of carbonyl (C=O) groups is 1. The molecule has 0 radical (unpaired) electrons. The predicted molar refractivity (Wildman–Crippen MR) is 46.7 cm³/mol. The molecule has 0 saturated heterocycles. The molecule has 0 aliphatic heterocycles. The highest BCUT2D eigenvalue weighted by atomic mass is 32.2. The zero-order valence-electron chi connectivity index (χ0n) is 7.19. The second-order valence-corrected chi connectivity index (χ2v) is 5.84. The van der Waals surface area contributed by atoms with Crippen LogP contribution in [-0.2, 0) is 14.6 Å². The summed E-state index contributed by atoms with van der Waals surface area (Å²) >= 11 is 0. The van der Waals surface area contributed by atoms with Gasteiger partial charge in [0, 0.05) is 12.2 Å². The van der Waals surface area contributed by atoms with E-state index in [0.717, 1.165) is 25.5 Å². The minimum absolute atomic E-state index is 0.0292. The third kappa shape index (κ3) is 2.30. The van der Waals surface area contributed by atoms with Crippen LogP contribution in [0.5, 0.6) is 0 Å². The smallest absolute Gasteiger partial charge is 0.150 e. The van der Waals surface area contributed by atoms with Crippen molar-refractivity contribution in [3.63, 3.8) is 0 Å². The van der Waals surface area contributed by atoms with Crippen LogP contribution in [-0.4, -0.2) is 26.2 Å². The second kappa shape index (κ2) is 3.56. The van der Waals surface area contributed by atoms with Crippen LogP contribution in [0.25, 0.3) is 0 Å². The number of carbonyl (C=O) groups excluding carboxylic acids is 1. The first kappa shape index (κ1) is 9.71. The van der Waals surface area contributed by atoms with Crippen molar-refractivity contribution >= 4 is 16.1 Å². The molecule has 1 saturated carbocycles. The van der Waals surface area contributed by atoms with E-state index in [0.29, 0.717) is 6.42 Å². The van der Waals surface area contributed by atoms with E-state index in [9.17, 15) is 13.2 Å². The minimum Gasteiger partial charge on any atom is -0.303 e. The Balaban J connectivity index is 2.64. The highest BCUT2D eigenvalue weighted by Gasteiger charge is 2.28. The number of hydrogen-bond acceptors (Lipinski definition) is 3. The first-order valence-corrected chi connectivity index (χ1v) is 6.13. The zero-order chi connectivity index (χ0) is 9.19. The summed E-state index contributed by atoms with van der Waals surface area (Å²) in [7, 11) is -2.93. The normalized spacial score (nSPS) is 31.4. The van der Waals surface area contributed by atoms with E-state index in [2.05, 4.69) is 0 Å². The van der Waals surface area contributed by atoms with Gasteiger partial charge in [0.25, 0.3) is 0 Å². The maximum Gasteiger partial charge on any atom is 0.150 e. The molecule has 0 N–H and O–H groups in total. The maximum atomic E-state index is 11.1. The zero-order valence-corrected chi connectivity index (χ0v) is 8.01. The molecule has 2 atom stereocenters. The van der Waals surface area contributed by atoms with Crippen LogP contribution in [0.15, 0.2) is 0 Å². The fraction of sp³-hybridized carbons (Fsp3) is 0.875. The molecular weight excluding hydrogens is 176 g/mol. The van der Waals surface area contributed by atoms with Crippen molar-refractivity contribution in [3.8, 4) is 0 Å². The Morgan fingerprint density at radius 1 is 1.33 bits per heavy atom. The van der Waals surface area contributed by atoms with Crippen molar-refractivity contribution in [2.45, 2.75) is 30.9 Å². The molecule has 1 aliphatic rings. The van der Waals surface area contributed by atoms with Crippen molar-refractivity contribution in [2.24, 2.45) is 5.92 Å². The van der Waals surface area contributed by atoms with E-state index in [4.69, 9.17) is 0 Å². The van der Waals surface area contributed by atoms with Gasteiger partial charge < -0.3 is 4.79 Å². The summed E-state index contributed by atoms with van der Waals surface area (Å²) in [6.07, 6.45) is 5.12. The summed E-state index contributed by atoms with van der Waals surface area (Å²) in [5.41, 5.74) is 0. The van der Waals surface area contributed by atoms with Gasteiger partial charge in [0.2, 0.25) is 0 Å². The van der Waals surface area contributed by atoms with Gasteiger partial charge in [-0.2, -0.15) is 0 Å². The first-order valence-electron chi connectivity index (χ1n) is 4.18. The van der Waals surface area contributed by atoms with E-state index in [1.807, 2.05) is 0 Å². The Morgan fingerprint density at radius 3 is 2.50 bits per heavy atom. The van der Waals surface area contributed by atoms with Crippen molar-refractivity contribution in [2.75, 3.05) is 6.26 Å². The lowest BCUT2D eigenvalue weighted by Gasteiger charge is -2.23. The van der Waals surface area contributed by atoms with Crippen LogP contribution in [0.3, 0.4) is 0 Å². The fourth-order valence-electron chi connectivity index (χ4n) is 1.69. The average Bonchev–Trinajstić information content (AvgIpc) is 2.03. The van der Waals surface area contributed by atoms with Crippen LogP contribution in [0, 0.1) is 5.92 Å². The van der Waals surface area contributed by atoms with Crippen molar-refractivity contribution in [1.82, 2.24) is 0 Å². The number of hydrogen-bond donors (Lipinski definition) is 0. The van der Waals surface area contributed by atoms with E-state index in [1.54, 1.807) is 0 Å². The number of sulfone groups is 1. The Hall–Kier alpha value is -0.380. The monoisotopic (exact) mass is 190 g/mol. The molecule has 0 bridgehead atoms. The summed E-state index contributed by atoms with van der Waals surface area (Å²) in [4.78, 5) is 10.4. The maximum absolute atomic E-state index is 11.1. The molecule has 4 heteroatoms. The van der Waals surface area contributed by atoms with Crippen molar-refractivity contribution < 1.29 is 13.2 Å². The lowest BCUT2D eigenvalue weighted by molar-refractivity contribution is -0.111. The molecule has 0 aromatic rings. The molecule has 0 amide bonds. The topological polar surface area (TPSA) is 51.2 Å². The van der Waals surface area contributed by atoms with Gasteiger partial charge >= 0.3 is 0 Å². The van der Waals surface area contributed by atoms with Gasteiger partial charge in [0.1, 0.15) is 16.1 Å². The summed E-state index contributed by atoms with van der Waals surface area (Å²) in [6.45, 7) is 0. The molecule has 70 valence electrons. The molecule has 1 rings (SSSR count). The van der Waals surface area contributed by atoms with E-state index >= 15 is 0 Å². The number of rotatable bonds is 2. The second-order valence-electron chi connectivity index (χ2n) is 3.51. The molecule has 0 aromatic carbocycles. The Bertz CT molecular complexity index is 255. The van der Waals surface area contributed by atoms with Gasteiger partial charge in [-0.05, 0) is 19.3 Å². The van der Waals surface area contributed by atoms with Crippen LogP contribution >= 0.6 is 0 Å². The summed E-state index contributed by atoms with van der Waals surface area (Å²) in [5, 5.41) is -0.276. The Morgan fingerprint density at radius 2 is 2.00 bits per heavy atom. The van der Waals surface area contributed by atoms with Gasteiger partial charge in [-0.3, -0.25) is 0 Å². The summed E-state index contributed by atoms with van der Waals surface area (Å²) < 4.78 is 22.3. The Kier molecular flexibility index (Phi) is 2.88.